The van der Waals surface area contributed by atoms with Crippen LogP contribution in [0.1, 0.15) is 56.6 Å². The van der Waals surface area contributed by atoms with Crippen LogP contribution in [0.3, 0.4) is 0 Å². The van der Waals surface area contributed by atoms with Crippen LogP contribution >= 0.6 is 0 Å². The number of amides is 2. The molecule has 7 heteroatoms. The zero-order valence-corrected chi connectivity index (χ0v) is 19.6. The Bertz CT molecular complexity index is 1020. The molecule has 4 rings (SSSR count). The smallest absolute Gasteiger partial charge is 0.407 e. The third-order valence-electron chi connectivity index (χ3n) is 7.00. The van der Waals surface area contributed by atoms with E-state index in [4.69, 9.17) is 9.84 Å². The molecular formula is C27H32N2O5. The number of rotatable bonds is 8. The van der Waals surface area contributed by atoms with Crippen LogP contribution in [-0.2, 0) is 14.3 Å². The van der Waals surface area contributed by atoms with Crippen molar-refractivity contribution in [1.82, 2.24) is 10.6 Å². The molecule has 2 aliphatic carbocycles. The van der Waals surface area contributed by atoms with Gasteiger partial charge in [-0.2, -0.15) is 0 Å². The van der Waals surface area contributed by atoms with Crippen molar-refractivity contribution in [3.63, 3.8) is 0 Å². The van der Waals surface area contributed by atoms with E-state index in [1.54, 1.807) is 0 Å². The van der Waals surface area contributed by atoms with Gasteiger partial charge >= 0.3 is 12.1 Å². The maximum Gasteiger partial charge on any atom is 0.407 e. The van der Waals surface area contributed by atoms with Gasteiger partial charge in [-0.25, -0.2) is 4.79 Å². The third kappa shape index (κ3) is 5.24. The SMILES string of the molecule is CC(C)C(CC(=O)N[C@@H]1CC[C@H](C(=O)O)C1)NC(=O)OCC1c2ccccc2-c2ccccc21. The van der Waals surface area contributed by atoms with E-state index in [-0.39, 0.29) is 42.9 Å². The number of hydrogen-bond acceptors (Lipinski definition) is 4. The van der Waals surface area contributed by atoms with Crippen molar-refractivity contribution in [1.29, 1.82) is 0 Å². The van der Waals surface area contributed by atoms with Crippen LogP contribution in [-0.4, -0.2) is 41.8 Å². The number of carbonyl (C=O) groups is 3. The van der Waals surface area contributed by atoms with Crippen LogP contribution in [0.2, 0.25) is 0 Å². The summed E-state index contributed by atoms with van der Waals surface area (Å²) in [7, 11) is 0. The molecule has 7 nitrogen and oxygen atoms in total. The highest BCUT2D eigenvalue weighted by atomic mass is 16.5. The first kappa shape index (κ1) is 23.8. The highest BCUT2D eigenvalue weighted by molar-refractivity contribution is 5.80. The third-order valence-corrected chi connectivity index (χ3v) is 7.00. The second-order valence-corrected chi connectivity index (χ2v) is 9.64. The Balaban J connectivity index is 1.32. The summed E-state index contributed by atoms with van der Waals surface area (Å²) in [6.07, 6.45) is 1.27. The van der Waals surface area contributed by atoms with Gasteiger partial charge in [-0.05, 0) is 47.4 Å². The number of hydrogen-bond donors (Lipinski definition) is 3. The van der Waals surface area contributed by atoms with Gasteiger partial charge in [-0.3, -0.25) is 9.59 Å². The maximum absolute atomic E-state index is 12.7. The lowest BCUT2D eigenvalue weighted by atomic mass is 9.98. The number of nitrogens with one attached hydrogen (secondary N) is 2. The first-order valence-electron chi connectivity index (χ1n) is 12.0. The molecule has 0 aliphatic heterocycles. The highest BCUT2D eigenvalue weighted by Gasteiger charge is 2.32. The first-order valence-corrected chi connectivity index (χ1v) is 12.0. The Morgan fingerprint density at radius 2 is 1.62 bits per heavy atom. The van der Waals surface area contributed by atoms with Crippen LogP contribution in [0.4, 0.5) is 4.79 Å². The van der Waals surface area contributed by atoms with Crippen molar-refractivity contribution in [2.75, 3.05) is 6.61 Å². The number of ether oxygens (including phenoxy) is 1. The molecule has 0 saturated heterocycles. The van der Waals surface area contributed by atoms with Crippen molar-refractivity contribution in [3.8, 4) is 11.1 Å². The van der Waals surface area contributed by atoms with E-state index < -0.39 is 18.0 Å². The fourth-order valence-electron chi connectivity index (χ4n) is 5.07. The molecule has 180 valence electrons. The molecule has 0 heterocycles. The minimum atomic E-state index is -0.811. The summed E-state index contributed by atoms with van der Waals surface area (Å²) >= 11 is 0. The summed E-state index contributed by atoms with van der Waals surface area (Å²) in [6, 6.07) is 15.8. The monoisotopic (exact) mass is 464 g/mol. The molecule has 34 heavy (non-hydrogen) atoms. The summed E-state index contributed by atoms with van der Waals surface area (Å²) < 4.78 is 5.63. The van der Waals surface area contributed by atoms with Crippen molar-refractivity contribution in [2.24, 2.45) is 11.8 Å². The van der Waals surface area contributed by atoms with Crippen LogP contribution < -0.4 is 10.6 Å². The van der Waals surface area contributed by atoms with Gasteiger partial charge in [0.1, 0.15) is 6.61 Å². The Morgan fingerprint density at radius 1 is 1.00 bits per heavy atom. The molecule has 3 atom stereocenters. The second kappa shape index (κ2) is 10.3. The molecule has 0 radical (unpaired) electrons. The zero-order chi connectivity index (χ0) is 24.2. The summed E-state index contributed by atoms with van der Waals surface area (Å²) in [5.74, 6) is -1.39. The fraction of sp³-hybridized carbons (Fsp3) is 0.444. The number of fused-ring (bicyclic) bond motifs is 3. The van der Waals surface area contributed by atoms with E-state index in [1.807, 2.05) is 38.1 Å². The topological polar surface area (TPSA) is 105 Å². The Labute approximate surface area is 199 Å². The lowest BCUT2D eigenvalue weighted by molar-refractivity contribution is -0.141. The molecular weight excluding hydrogens is 432 g/mol. The normalized spacial score (nSPS) is 19.9. The fourth-order valence-corrected chi connectivity index (χ4v) is 5.07. The Morgan fingerprint density at radius 3 is 2.18 bits per heavy atom. The summed E-state index contributed by atoms with van der Waals surface area (Å²) in [4.78, 5) is 36.4. The van der Waals surface area contributed by atoms with Gasteiger partial charge in [0, 0.05) is 24.4 Å². The quantitative estimate of drug-likeness (QED) is 0.540. The van der Waals surface area contributed by atoms with E-state index in [2.05, 4.69) is 34.9 Å². The predicted octanol–water partition coefficient (Wildman–Crippen LogP) is 4.31. The van der Waals surface area contributed by atoms with Crippen LogP contribution in [0.25, 0.3) is 11.1 Å². The highest BCUT2D eigenvalue weighted by Crippen LogP contribution is 2.44. The lowest BCUT2D eigenvalue weighted by Crippen LogP contribution is -2.44. The number of benzene rings is 2. The summed E-state index contributed by atoms with van der Waals surface area (Å²) in [6.45, 7) is 4.10. The Hall–Kier alpha value is -3.35. The van der Waals surface area contributed by atoms with Crippen LogP contribution in [0, 0.1) is 11.8 Å². The number of carboxylic acids is 1. The molecule has 3 N–H and O–H groups in total. The standard InChI is InChI=1S/C27H32N2O5/c1-16(2)24(14-25(30)28-18-12-11-17(13-18)26(31)32)29-27(33)34-15-23-21-9-5-3-7-19(21)20-8-4-6-10-22(20)23/h3-10,16-18,23-24H,11-15H2,1-2H3,(H,28,30)(H,29,33)(H,31,32)/t17-,18+,24?/m0/s1. The number of carboxylic acid groups (broad SMARTS) is 1. The average Bonchev–Trinajstić information content (AvgIpc) is 3.40. The number of carbonyl (C=O) groups excluding carboxylic acids is 2. The lowest BCUT2D eigenvalue weighted by Gasteiger charge is -2.23. The van der Waals surface area contributed by atoms with Gasteiger partial charge in [0.2, 0.25) is 5.91 Å². The van der Waals surface area contributed by atoms with Crippen molar-refractivity contribution >= 4 is 18.0 Å². The van der Waals surface area contributed by atoms with Gasteiger partial charge in [0.25, 0.3) is 0 Å². The van der Waals surface area contributed by atoms with Gasteiger partial charge in [-0.1, -0.05) is 62.4 Å². The van der Waals surface area contributed by atoms with Crippen molar-refractivity contribution in [2.45, 2.75) is 57.5 Å². The molecule has 0 bridgehead atoms. The first-order chi connectivity index (χ1) is 16.3. The average molecular weight is 465 g/mol. The van der Waals surface area contributed by atoms with Crippen LogP contribution in [0.15, 0.2) is 48.5 Å². The summed E-state index contributed by atoms with van der Waals surface area (Å²) in [5, 5.41) is 14.9. The van der Waals surface area contributed by atoms with Crippen molar-refractivity contribution in [3.05, 3.63) is 59.7 Å². The largest absolute Gasteiger partial charge is 0.481 e. The van der Waals surface area contributed by atoms with Crippen molar-refractivity contribution < 1.29 is 24.2 Å². The molecule has 0 aromatic heterocycles. The molecule has 1 unspecified atom stereocenters. The van der Waals surface area contributed by atoms with E-state index in [0.29, 0.717) is 19.3 Å². The minimum absolute atomic E-state index is 0.0245. The van der Waals surface area contributed by atoms with E-state index in [1.165, 1.54) is 11.1 Å². The molecule has 2 aromatic rings. The van der Waals surface area contributed by atoms with Crippen LogP contribution in [0.5, 0.6) is 0 Å². The van der Waals surface area contributed by atoms with Gasteiger partial charge in [-0.15, -0.1) is 0 Å². The maximum atomic E-state index is 12.7. The molecule has 2 aliphatic rings. The summed E-state index contributed by atoms with van der Waals surface area (Å²) in [5.41, 5.74) is 4.63. The van der Waals surface area contributed by atoms with E-state index in [0.717, 1.165) is 11.1 Å². The van der Waals surface area contributed by atoms with E-state index >= 15 is 0 Å². The molecule has 0 spiro atoms. The molecule has 2 aromatic carbocycles. The van der Waals surface area contributed by atoms with Gasteiger partial charge < -0.3 is 20.5 Å². The van der Waals surface area contributed by atoms with E-state index in [9.17, 15) is 14.4 Å². The second-order valence-electron chi connectivity index (χ2n) is 9.64. The van der Waals surface area contributed by atoms with Gasteiger partial charge in [0.05, 0.1) is 5.92 Å². The minimum Gasteiger partial charge on any atom is -0.481 e. The zero-order valence-electron chi connectivity index (χ0n) is 19.6. The Kier molecular flexibility index (Phi) is 7.20. The predicted molar refractivity (Wildman–Crippen MR) is 128 cm³/mol. The molecule has 2 amide bonds. The molecule has 1 saturated carbocycles. The molecule has 1 fully saturated rings. The number of aliphatic carboxylic acids is 1. The number of alkyl carbamates (subject to hydrolysis) is 1. The van der Waals surface area contributed by atoms with Gasteiger partial charge in [0.15, 0.2) is 0 Å².